The SMILES string of the molecule is COc1ccc(-c2c(C(N)=O)sc3nc(C)ccc23)cc1. The molecule has 0 unspecified atom stereocenters. The zero-order chi connectivity index (χ0) is 15.0. The number of hydrogen-bond donors (Lipinski definition) is 1. The Hall–Kier alpha value is -2.40. The minimum atomic E-state index is -0.429. The first-order valence-corrected chi connectivity index (χ1v) is 7.26. The molecule has 0 aliphatic rings. The van der Waals surface area contributed by atoms with Gasteiger partial charge in [0, 0.05) is 16.6 Å². The van der Waals surface area contributed by atoms with E-state index in [2.05, 4.69) is 4.98 Å². The monoisotopic (exact) mass is 298 g/mol. The molecule has 4 nitrogen and oxygen atoms in total. The average molecular weight is 298 g/mol. The van der Waals surface area contributed by atoms with E-state index in [-0.39, 0.29) is 0 Å². The number of thiophene rings is 1. The Bertz CT molecular complexity index is 822. The molecule has 0 saturated carbocycles. The fourth-order valence-corrected chi connectivity index (χ4v) is 3.38. The van der Waals surface area contributed by atoms with Crippen LogP contribution in [0.1, 0.15) is 15.4 Å². The maximum Gasteiger partial charge on any atom is 0.259 e. The van der Waals surface area contributed by atoms with Gasteiger partial charge in [-0.1, -0.05) is 12.1 Å². The quantitative estimate of drug-likeness (QED) is 0.806. The summed E-state index contributed by atoms with van der Waals surface area (Å²) in [5.74, 6) is 0.342. The second kappa shape index (κ2) is 5.18. The van der Waals surface area contributed by atoms with Gasteiger partial charge in [0.1, 0.15) is 15.5 Å². The van der Waals surface area contributed by atoms with Crippen LogP contribution in [0, 0.1) is 6.92 Å². The molecule has 2 N–H and O–H groups in total. The third-order valence-corrected chi connectivity index (χ3v) is 4.41. The fourth-order valence-electron chi connectivity index (χ4n) is 2.29. The van der Waals surface area contributed by atoms with E-state index >= 15 is 0 Å². The molecular formula is C16H14N2O2S. The number of hydrogen-bond acceptors (Lipinski definition) is 4. The van der Waals surface area contributed by atoms with Crippen molar-refractivity contribution in [3.05, 3.63) is 47.0 Å². The molecule has 0 radical (unpaired) electrons. The molecular weight excluding hydrogens is 284 g/mol. The molecule has 5 heteroatoms. The lowest BCUT2D eigenvalue weighted by atomic mass is 10.0. The smallest absolute Gasteiger partial charge is 0.259 e. The summed E-state index contributed by atoms with van der Waals surface area (Å²) in [6, 6.07) is 11.5. The molecule has 0 spiro atoms. The molecule has 3 aromatic rings. The van der Waals surface area contributed by atoms with Gasteiger partial charge in [0.15, 0.2) is 0 Å². The van der Waals surface area contributed by atoms with Gasteiger partial charge in [-0.3, -0.25) is 4.79 Å². The molecule has 0 aliphatic carbocycles. The van der Waals surface area contributed by atoms with E-state index < -0.39 is 5.91 Å². The van der Waals surface area contributed by atoms with Gasteiger partial charge in [0.25, 0.3) is 5.91 Å². The molecule has 106 valence electrons. The van der Waals surface area contributed by atoms with Crippen molar-refractivity contribution in [1.29, 1.82) is 0 Å². The lowest BCUT2D eigenvalue weighted by Gasteiger charge is -2.05. The summed E-state index contributed by atoms with van der Waals surface area (Å²) in [5.41, 5.74) is 8.22. The largest absolute Gasteiger partial charge is 0.497 e. The number of nitrogens with two attached hydrogens (primary N) is 1. The predicted octanol–water partition coefficient (Wildman–Crippen LogP) is 3.38. The van der Waals surface area contributed by atoms with E-state index in [1.807, 2.05) is 43.3 Å². The Labute approximate surface area is 126 Å². The second-order valence-corrected chi connectivity index (χ2v) is 5.70. The Balaban J connectivity index is 2.27. The number of carbonyl (C=O) groups excluding carboxylic acids is 1. The van der Waals surface area contributed by atoms with Gasteiger partial charge >= 0.3 is 0 Å². The van der Waals surface area contributed by atoms with Crippen LogP contribution in [0.15, 0.2) is 36.4 Å². The summed E-state index contributed by atoms with van der Waals surface area (Å²) in [7, 11) is 1.62. The standard InChI is InChI=1S/C16H14N2O2S/c1-9-3-8-12-13(10-4-6-11(20-2)7-5-10)14(15(17)19)21-16(12)18-9/h3-8H,1-2H3,(H2,17,19). The zero-order valence-corrected chi connectivity index (χ0v) is 12.5. The lowest BCUT2D eigenvalue weighted by molar-refractivity contribution is 0.100. The minimum Gasteiger partial charge on any atom is -0.497 e. The average Bonchev–Trinajstić information content (AvgIpc) is 2.86. The number of pyridine rings is 1. The number of amides is 1. The van der Waals surface area contributed by atoms with Crippen LogP contribution < -0.4 is 10.5 Å². The molecule has 0 saturated heterocycles. The minimum absolute atomic E-state index is 0.429. The van der Waals surface area contributed by atoms with Gasteiger partial charge in [-0.2, -0.15) is 0 Å². The highest BCUT2D eigenvalue weighted by Gasteiger charge is 2.18. The Morgan fingerprint density at radius 3 is 2.52 bits per heavy atom. The van der Waals surface area contributed by atoms with Gasteiger partial charge in [0.05, 0.1) is 7.11 Å². The van der Waals surface area contributed by atoms with E-state index in [4.69, 9.17) is 10.5 Å². The predicted molar refractivity (Wildman–Crippen MR) is 84.9 cm³/mol. The number of aryl methyl sites for hydroxylation is 1. The summed E-state index contributed by atoms with van der Waals surface area (Å²) in [6.07, 6.45) is 0. The second-order valence-electron chi connectivity index (χ2n) is 4.70. The van der Waals surface area contributed by atoms with Crippen LogP contribution >= 0.6 is 11.3 Å². The molecule has 0 bridgehead atoms. The number of carbonyl (C=O) groups is 1. The molecule has 0 fully saturated rings. The van der Waals surface area contributed by atoms with Crippen LogP contribution in [0.4, 0.5) is 0 Å². The lowest BCUT2D eigenvalue weighted by Crippen LogP contribution is -2.09. The normalized spacial score (nSPS) is 10.8. The van der Waals surface area contributed by atoms with Crippen molar-refractivity contribution in [2.75, 3.05) is 7.11 Å². The summed E-state index contributed by atoms with van der Waals surface area (Å²) < 4.78 is 5.17. The number of methoxy groups -OCH3 is 1. The Kier molecular flexibility index (Phi) is 3.35. The van der Waals surface area contributed by atoms with Crippen LogP contribution in [-0.2, 0) is 0 Å². The van der Waals surface area contributed by atoms with E-state index in [9.17, 15) is 4.79 Å². The van der Waals surface area contributed by atoms with Crippen LogP contribution in [-0.4, -0.2) is 18.0 Å². The summed E-state index contributed by atoms with van der Waals surface area (Å²) in [5, 5.41) is 0.949. The maximum absolute atomic E-state index is 11.8. The topological polar surface area (TPSA) is 65.2 Å². The highest BCUT2D eigenvalue weighted by atomic mass is 32.1. The molecule has 21 heavy (non-hydrogen) atoms. The molecule has 2 aromatic heterocycles. The maximum atomic E-state index is 11.8. The van der Waals surface area contributed by atoms with Crippen molar-refractivity contribution < 1.29 is 9.53 Å². The van der Waals surface area contributed by atoms with E-state index in [1.165, 1.54) is 11.3 Å². The van der Waals surface area contributed by atoms with E-state index in [0.29, 0.717) is 4.88 Å². The Morgan fingerprint density at radius 1 is 1.19 bits per heavy atom. The van der Waals surface area contributed by atoms with Crippen LogP contribution in [0.5, 0.6) is 5.75 Å². The van der Waals surface area contributed by atoms with Crippen molar-refractivity contribution in [2.24, 2.45) is 5.73 Å². The molecule has 0 atom stereocenters. The summed E-state index contributed by atoms with van der Waals surface area (Å²) in [4.78, 5) is 17.6. The summed E-state index contributed by atoms with van der Waals surface area (Å²) >= 11 is 1.33. The van der Waals surface area contributed by atoms with Crippen LogP contribution in [0.2, 0.25) is 0 Å². The van der Waals surface area contributed by atoms with E-state index in [0.717, 1.165) is 32.8 Å². The number of ether oxygens (including phenoxy) is 1. The first-order valence-electron chi connectivity index (χ1n) is 6.44. The zero-order valence-electron chi connectivity index (χ0n) is 11.7. The van der Waals surface area contributed by atoms with Crippen molar-refractivity contribution in [2.45, 2.75) is 6.92 Å². The van der Waals surface area contributed by atoms with Gasteiger partial charge < -0.3 is 10.5 Å². The number of nitrogens with zero attached hydrogens (tertiary/aromatic N) is 1. The van der Waals surface area contributed by atoms with Crippen molar-refractivity contribution >= 4 is 27.5 Å². The van der Waals surface area contributed by atoms with E-state index in [1.54, 1.807) is 7.11 Å². The van der Waals surface area contributed by atoms with Gasteiger partial charge in [-0.15, -0.1) is 11.3 Å². The highest BCUT2D eigenvalue weighted by molar-refractivity contribution is 7.21. The fraction of sp³-hybridized carbons (Fsp3) is 0.125. The highest BCUT2D eigenvalue weighted by Crippen LogP contribution is 2.38. The van der Waals surface area contributed by atoms with Crippen LogP contribution in [0.25, 0.3) is 21.3 Å². The molecule has 2 heterocycles. The number of aromatic nitrogens is 1. The first kappa shape index (κ1) is 13.6. The summed E-state index contributed by atoms with van der Waals surface area (Å²) in [6.45, 7) is 1.93. The van der Waals surface area contributed by atoms with Crippen molar-refractivity contribution in [3.63, 3.8) is 0 Å². The number of fused-ring (bicyclic) bond motifs is 1. The number of benzene rings is 1. The molecule has 0 aliphatic heterocycles. The third-order valence-electron chi connectivity index (χ3n) is 3.30. The first-order chi connectivity index (χ1) is 10.1. The number of primary amides is 1. The van der Waals surface area contributed by atoms with Crippen LogP contribution in [0.3, 0.4) is 0 Å². The molecule has 1 amide bonds. The number of rotatable bonds is 3. The van der Waals surface area contributed by atoms with Crippen molar-refractivity contribution in [3.8, 4) is 16.9 Å². The van der Waals surface area contributed by atoms with Crippen molar-refractivity contribution in [1.82, 2.24) is 4.98 Å². The third kappa shape index (κ3) is 2.36. The molecule has 1 aromatic carbocycles. The van der Waals surface area contributed by atoms with Gasteiger partial charge in [-0.25, -0.2) is 4.98 Å². The van der Waals surface area contributed by atoms with Gasteiger partial charge in [-0.05, 0) is 36.8 Å². The molecule has 3 rings (SSSR count). The Morgan fingerprint density at radius 2 is 1.90 bits per heavy atom. The van der Waals surface area contributed by atoms with Gasteiger partial charge in [0.2, 0.25) is 0 Å².